The fourth-order valence-corrected chi connectivity index (χ4v) is 3.40. The van der Waals surface area contributed by atoms with E-state index in [2.05, 4.69) is 36.0 Å². The average molecular weight is 423 g/mol. The first-order valence-electron chi connectivity index (χ1n) is 8.48. The van der Waals surface area contributed by atoms with Crippen LogP contribution in [0.1, 0.15) is 52.9 Å². The lowest BCUT2D eigenvalue weighted by Gasteiger charge is -2.25. The highest BCUT2D eigenvalue weighted by atomic mass is 127. The number of hydrogen-bond donors (Lipinski definition) is 1. The minimum absolute atomic E-state index is 0. The normalized spacial score (nSPS) is 25.6. The standard InChI is InChI=1S/C17H33N3O.HI/c1-16(2,3)7-5-6-10-19-15(18-4)20-11-8-17(13-20)9-12-21-14-17;/h5-14H2,1-4H3,(H,18,19);1H. The lowest BCUT2D eigenvalue weighted by molar-refractivity contribution is 0.156. The summed E-state index contributed by atoms with van der Waals surface area (Å²) in [4.78, 5) is 6.88. The van der Waals surface area contributed by atoms with E-state index >= 15 is 0 Å². The zero-order valence-corrected chi connectivity index (χ0v) is 17.1. The van der Waals surface area contributed by atoms with E-state index < -0.39 is 0 Å². The average Bonchev–Trinajstić information content (AvgIpc) is 3.04. The van der Waals surface area contributed by atoms with Gasteiger partial charge in [-0.1, -0.05) is 27.2 Å². The van der Waals surface area contributed by atoms with Crippen LogP contribution in [0.15, 0.2) is 4.99 Å². The molecule has 1 atom stereocenters. The SMILES string of the molecule is CN=C(NCCCCC(C)(C)C)N1CCC2(CCOC2)C1.I. The monoisotopic (exact) mass is 423 g/mol. The van der Waals surface area contributed by atoms with Crippen LogP contribution in [-0.2, 0) is 4.74 Å². The van der Waals surface area contributed by atoms with Crippen molar-refractivity contribution in [3.8, 4) is 0 Å². The van der Waals surface area contributed by atoms with Gasteiger partial charge in [0.05, 0.1) is 6.61 Å². The molecule has 0 radical (unpaired) electrons. The third-order valence-electron chi connectivity index (χ3n) is 4.77. The molecule has 2 rings (SSSR count). The first-order valence-corrected chi connectivity index (χ1v) is 8.48. The van der Waals surface area contributed by atoms with E-state index in [0.29, 0.717) is 10.8 Å². The molecule has 2 saturated heterocycles. The summed E-state index contributed by atoms with van der Waals surface area (Å²) in [6.07, 6.45) is 6.25. The van der Waals surface area contributed by atoms with Gasteiger partial charge >= 0.3 is 0 Å². The van der Waals surface area contributed by atoms with Crippen LogP contribution in [0.2, 0.25) is 0 Å². The third kappa shape index (κ3) is 5.87. The molecule has 5 heteroatoms. The number of rotatable bonds is 4. The first-order chi connectivity index (χ1) is 9.94. The summed E-state index contributed by atoms with van der Waals surface area (Å²) in [7, 11) is 1.90. The predicted molar refractivity (Wildman–Crippen MR) is 104 cm³/mol. The van der Waals surface area contributed by atoms with Crippen LogP contribution in [0, 0.1) is 10.8 Å². The van der Waals surface area contributed by atoms with Crippen LogP contribution in [0.4, 0.5) is 0 Å². The maximum atomic E-state index is 5.60. The number of guanidine groups is 1. The number of unbranched alkanes of at least 4 members (excludes halogenated alkanes) is 1. The summed E-state index contributed by atoms with van der Waals surface area (Å²) in [5, 5.41) is 3.54. The van der Waals surface area contributed by atoms with Crippen LogP contribution in [0.25, 0.3) is 0 Å². The van der Waals surface area contributed by atoms with E-state index in [1.807, 2.05) is 7.05 Å². The third-order valence-corrected chi connectivity index (χ3v) is 4.77. The highest BCUT2D eigenvalue weighted by Gasteiger charge is 2.42. The topological polar surface area (TPSA) is 36.9 Å². The molecule has 130 valence electrons. The Morgan fingerprint density at radius 2 is 2.05 bits per heavy atom. The second kappa shape index (κ2) is 8.71. The summed E-state index contributed by atoms with van der Waals surface area (Å²) >= 11 is 0. The smallest absolute Gasteiger partial charge is 0.193 e. The molecule has 0 aliphatic carbocycles. The van der Waals surface area contributed by atoms with Gasteiger partial charge < -0.3 is 15.0 Å². The molecule has 2 heterocycles. The Kier molecular flexibility index (Phi) is 7.92. The number of nitrogens with zero attached hydrogens (tertiary/aromatic N) is 2. The molecule has 1 spiro atoms. The van der Waals surface area contributed by atoms with Crippen molar-refractivity contribution in [1.82, 2.24) is 10.2 Å². The van der Waals surface area contributed by atoms with Gasteiger partial charge in [0, 0.05) is 38.7 Å². The van der Waals surface area contributed by atoms with Gasteiger partial charge in [-0.05, 0) is 31.1 Å². The van der Waals surface area contributed by atoms with Crippen molar-refractivity contribution in [2.24, 2.45) is 15.8 Å². The van der Waals surface area contributed by atoms with Gasteiger partial charge in [-0.3, -0.25) is 4.99 Å². The molecule has 1 unspecified atom stereocenters. The summed E-state index contributed by atoms with van der Waals surface area (Å²) in [6.45, 7) is 12.1. The molecular formula is C17H34IN3O. The Morgan fingerprint density at radius 1 is 1.27 bits per heavy atom. The second-order valence-corrected chi connectivity index (χ2v) is 7.97. The van der Waals surface area contributed by atoms with Gasteiger partial charge in [0.1, 0.15) is 0 Å². The van der Waals surface area contributed by atoms with Gasteiger partial charge in [0.2, 0.25) is 0 Å². The molecule has 0 aromatic rings. The van der Waals surface area contributed by atoms with Crippen molar-refractivity contribution in [3.05, 3.63) is 0 Å². The molecule has 2 aliphatic heterocycles. The molecule has 0 amide bonds. The zero-order chi connectivity index (χ0) is 15.3. The molecular weight excluding hydrogens is 389 g/mol. The van der Waals surface area contributed by atoms with Crippen LogP contribution in [0.5, 0.6) is 0 Å². The Hall–Kier alpha value is -0.0400. The maximum absolute atomic E-state index is 5.60. The van der Waals surface area contributed by atoms with Gasteiger partial charge in [-0.2, -0.15) is 0 Å². The van der Waals surface area contributed by atoms with Crippen LogP contribution >= 0.6 is 24.0 Å². The number of nitrogens with one attached hydrogen (secondary N) is 1. The number of aliphatic imine (C=N–C) groups is 1. The first kappa shape index (κ1) is 20.0. The van der Waals surface area contributed by atoms with Crippen molar-refractivity contribution >= 4 is 29.9 Å². The van der Waals surface area contributed by atoms with Crippen molar-refractivity contribution in [3.63, 3.8) is 0 Å². The highest BCUT2D eigenvalue weighted by Crippen LogP contribution is 2.38. The molecule has 4 nitrogen and oxygen atoms in total. The van der Waals surface area contributed by atoms with E-state index in [1.54, 1.807) is 0 Å². The van der Waals surface area contributed by atoms with Crippen molar-refractivity contribution in [1.29, 1.82) is 0 Å². The Morgan fingerprint density at radius 3 is 2.64 bits per heavy atom. The van der Waals surface area contributed by atoms with E-state index in [1.165, 1.54) is 32.1 Å². The summed E-state index contributed by atoms with van der Waals surface area (Å²) < 4.78 is 5.60. The van der Waals surface area contributed by atoms with Gasteiger partial charge in [-0.15, -0.1) is 24.0 Å². The lowest BCUT2D eigenvalue weighted by atomic mass is 9.87. The number of ether oxygens (including phenoxy) is 1. The summed E-state index contributed by atoms with van der Waals surface area (Å²) in [6, 6.07) is 0. The lowest BCUT2D eigenvalue weighted by Crippen LogP contribution is -2.41. The number of likely N-dealkylation sites (tertiary alicyclic amines) is 1. The Balaban J connectivity index is 0.00000242. The molecule has 0 aromatic carbocycles. The summed E-state index contributed by atoms with van der Waals surface area (Å²) in [5.74, 6) is 1.08. The highest BCUT2D eigenvalue weighted by molar-refractivity contribution is 14.0. The second-order valence-electron chi connectivity index (χ2n) is 7.97. The number of hydrogen-bond acceptors (Lipinski definition) is 2. The van der Waals surface area contributed by atoms with Crippen LogP contribution in [-0.4, -0.2) is 50.8 Å². The molecule has 1 N–H and O–H groups in total. The minimum atomic E-state index is 0. The summed E-state index contributed by atoms with van der Waals surface area (Å²) in [5.41, 5.74) is 0.856. The van der Waals surface area contributed by atoms with E-state index in [9.17, 15) is 0 Å². The van der Waals surface area contributed by atoms with Crippen LogP contribution in [0.3, 0.4) is 0 Å². The maximum Gasteiger partial charge on any atom is 0.193 e. The molecule has 2 fully saturated rings. The molecule has 2 aliphatic rings. The Bertz CT molecular complexity index is 359. The predicted octanol–water partition coefficient (Wildman–Crippen LogP) is 3.51. The number of halogens is 1. The Labute approximate surface area is 153 Å². The van der Waals surface area contributed by atoms with Crippen molar-refractivity contribution in [2.75, 3.05) is 39.9 Å². The molecule has 0 aromatic heterocycles. The molecule has 0 bridgehead atoms. The molecule has 0 saturated carbocycles. The molecule has 22 heavy (non-hydrogen) atoms. The van der Waals surface area contributed by atoms with E-state index in [-0.39, 0.29) is 24.0 Å². The van der Waals surface area contributed by atoms with Gasteiger partial charge in [-0.25, -0.2) is 0 Å². The van der Waals surface area contributed by atoms with Gasteiger partial charge in [0.25, 0.3) is 0 Å². The van der Waals surface area contributed by atoms with Crippen molar-refractivity contribution < 1.29 is 4.74 Å². The quantitative estimate of drug-likeness (QED) is 0.326. The largest absolute Gasteiger partial charge is 0.381 e. The zero-order valence-electron chi connectivity index (χ0n) is 14.8. The van der Waals surface area contributed by atoms with E-state index in [4.69, 9.17) is 4.74 Å². The van der Waals surface area contributed by atoms with Crippen LogP contribution < -0.4 is 5.32 Å². The fraction of sp³-hybridized carbons (Fsp3) is 0.941. The minimum Gasteiger partial charge on any atom is -0.381 e. The van der Waals surface area contributed by atoms with Gasteiger partial charge in [0.15, 0.2) is 5.96 Å². The fourth-order valence-electron chi connectivity index (χ4n) is 3.40. The van der Waals surface area contributed by atoms with Crippen molar-refractivity contribution in [2.45, 2.75) is 52.9 Å². The van der Waals surface area contributed by atoms with E-state index in [0.717, 1.165) is 38.8 Å².